The molecular formula is C14H29ClN2O. The Morgan fingerprint density at radius 1 is 1.11 bits per heavy atom. The monoisotopic (exact) mass is 276 g/mol. The Balaban J connectivity index is 0.00000289. The molecule has 0 aromatic carbocycles. The van der Waals surface area contributed by atoms with Gasteiger partial charge in [-0.15, -0.1) is 12.4 Å². The van der Waals surface area contributed by atoms with E-state index in [2.05, 4.69) is 18.7 Å². The third-order valence-electron chi connectivity index (χ3n) is 3.83. The maximum Gasteiger partial charge on any atom is 0.223 e. The minimum Gasteiger partial charge on any atom is -0.337 e. The van der Waals surface area contributed by atoms with Crippen molar-refractivity contribution in [2.45, 2.75) is 77.3 Å². The Hall–Kier alpha value is -0.280. The van der Waals surface area contributed by atoms with E-state index in [1.165, 1.54) is 19.3 Å². The fourth-order valence-electron chi connectivity index (χ4n) is 2.82. The van der Waals surface area contributed by atoms with Crippen LogP contribution in [0.2, 0.25) is 0 Å². The van der Waals surface area contributed by atoms with Crippen LogP contribution in [-0.4, -0.2) is 29.4 Å². The number of unbranched alkanes of at least 4 members (excludes halogenated alkanes) is 3. The van der Waals surface area contributed by atoms with Crippen LogP contribution in [0.4, 0.5) is 0 Å². The smallest absolute Gasteiger partial charge is 0.223 e. The third kappa shape index (κ3) is 5.57. The van der Waals surface area contributed by atoms with Crippen molar-refractivity contribution in [2.75, 3.05) is 6.54 Å². The summed E-state index contributed by atoms with van der Waals surface area (Å²) in [4.78, 5) is 14.3. The predicted molar refractivity (Wildman–Crippen MR) is 79.0 cm³/mol. The summed E-state index contributed by atoms with van der Waals surface area (Å²) >= 11 is 0. The van der Waals surface area contributed by atoms with E-state index in [0.29, 0.717) is 18.0 Å². The topological polar surface area (TPSA) is 46.3 Å². The van der Waals surface area contributed by atoms with Gasteiger partial charge in [-0.1, -0.05) is 12.8 Å². The highest BCUT2D eigenvalue weighted by Crippen LogP contribution is 2.23. The molecule has 1 amide bonds. The zero-order valence-corrected chi connectivity index (χ0v) is 12.7. The molecule has 4 heteroatoms. The molecule has 0 spiro atoms. The number of nitrogens with two attached hydrogens (primary N) is 1. The molecule has 1 saturated heterocycles. The van der Waals surface area contributed by atoms with Crippen LogP contribution in [0.5, 0.6) is 0 Å². The molecule has 0 saturated carbocycles. The highest BCUT2D eigenvalue weighted by molar-refractivity contribution is 5.85. The van der Waals surface area contributed by atoms with Crippen LogP contribution in [0.3, 0.4) is 0 Å². The molecular weight excluding hydrogens is 248 g/mol. The number of carbonyl (C=O) groups is 1. The van der Waals surface area contributed by atoms with Crippen molar-refractivity contribution < 1.29 is 4.79 Å². The van der Waals surface area contributed by atoms with Gasteiger partial charge >= 0.3 is 0 Å². The standard InChI is InChI=1S/C14H28N2O.ClH/c1-12-8-7-9-13(2)16(12)14(17)10-5-3-4-6-11-15;/h12-13H,3-11,15H2,1-2H3;1H. The molecule has 0 aliphatic carbocycles. The van der Waals surface area contributed by atoms with Crippen LogP contribution in [-0.2, 0) is 4.79 Å². The number of likely N-dealkylation sites (tertiary alicyclic amines) is 1. The molecule has 1 aliphatic heterocycles. The van der Waals surface area contributed by atoms with Crippen molar-refractivity contribution in [3.05, 3.63) is 0 Å². The van der Waals surface area contributed by atoms with Crippen molar-refractivity contribution in [2.24, 2.45) is 5.73 Å². The molecule has 2 atom stereocenters. The van der Waals surface area contributed by atoms with Crippen LogP contribution in [0, 0.1) is 0 Å². The lowest BCUT2D eigenvalue weighted by Crippen LogP contribution is -2.47. The molecule has 108 valence electrons. The Bertz CT molecular complexity index is 226. The first kappa shape index (κ1) is 17.7. The fraction of sp³-hybridized carbons (Fsp3) is 0.929. The summed E-state index contributed by atoms with van der Waals surface area (Å²) in [5.41, 5.74) is 5.45. The van der Waals surface area contributed by atoms with E-state index in [1.54, 1.807) is 0 Å². The van der Waals surface area contributed by atoms with Crippen molar-refractivity contribution in [1.82, 2.24) is 4.90 Å². The number of rotatable bonds is 6. The molecule has 2 unspecified atom stereocenters. The van der Waals surface area contributed by atoms with Gasteiger partial charge in [0.05, 0.1) is 0 Å². The van der Waals surface area contributed by atoms with E-state index >= 15 is 0 Å². The second kappa shape index (κ2) is 9.62. The second-order valence-corrected chi connectivity index (χ2v) is 5.38. The van der Waals surface area contributed by atoms with Gasteiger partial charge in [-0.05, 0) is 52.5 Å². The summed E-state index contributed by atoms with van der Waals surface area (Å²) in [5.74, 6) is 0.359. The Kier molecular flexibility index (Phi) is 9.47. The van der Waals surface area contributed by atoms with E-state index in [9.17, 15) is 4.79 Å². The molecule has 1 aliphatic rings. The average molecular weight is 277 g/mol. The van der Waals surface area contributed by atoms with E-state index in [1.807, 2.05) is 0 Å². The van der Waals surface area contributed by atoms with Gasteiger partial charge in [0.1, 0.15) is 0 Å². The van der Waals surface area contributed by atoms with E-state index in [-0.39, 0.29) is 12.4 Å². The maximum atomic E-state index is 12.2. The zero-order chi connectivity index (χ0) is 12.7. The van der Waals surface area contributed by atoms with E-state index in [0.717, 1.165) is 38.6 Å². The molecule has 2 N–H and O–H groups in total. The summed E-state index contributed by atoms with van der Waals surface area (Å²) in [6.07, 6.45) is 8.74. The summed E-state index contributed by atoms with van der Waals surface area (Å²) in [7, 11) is 0. The summed E-state index contributed by atoms with van der Waals surface area (Å²) in [6.45, 7) is 5.14. The molecule has 0 radical (unpaired) electrons. The number of carbonyl (C=O) groups excluding carboxylic acids is 1. The summed E-state index contributed by atoms with van der Waals surface area (Å²) in [5, 5.41) is 0. The maximum absolute atomic E-state index is 12.2. The van der Waals surface area contributed by atoms with E-state index in [4.69, 9.17) is 5.73 Å². The quantitative estimate of drug-likeness (QED) is 0.758. The molecule has 1 fully saturated rings. The van der Waals surface area contributed by atoms with Crippen LogP contribution in [0.25, 0.3) is 0 Å². The lowest BCUT2D eigenvalue weighted by molar-refractivity contribution is -0.137. The number of hydrogen-bond donors (Lipinski definition) is 1. The minimum atomic E-state index is 0. The number of halogens is 1. The Morgan fingerprint density at radius 2 is 1.67 bits per heavy atom. The highest BCUT2D eigenvalue weighted by Gasteiger charge is 2.28. The Morgan fingerprint density at radius 3 is 2.22 bits per heavy atom. The lowest BCUT2D eigenvalue weighted by Gasteiger charge is -2.39. The highest BCUT2D eigenvalue weighted by atomic mass is 35.5. The normalized spacial score (nSPS) is 23.6. The predicted octanol–water partition coefficient (Wildman–Crippen LogP) is 3.11. The first-order valence-corrected chi connectivity index (χ1v) is 7.18. The number of amides is 1. The van der Waals surface area contributed by atoms with Gasteiger partial charge in [0.2, 0.25) is 5.91 Å². The number of nitrogens with zero attached hydrogens (tertiary/aromatic N) is 1. The van der Waals surface area contributed by atoms with Crippen molar-refractivity contribution >= 4 is 18.3 Å². The molecule has 1 rings (SSSR count). The van der Waals surface area contributed by atoms with E-state index < -0.39 is 0 Å². The molecule has 18 heavy (non-hydrogen) atoms. The summed E-state index contributed by atoms with van der Waals surface area (Å²) < 4.78 is 0. The van der Waals surface area contributed by atoms with Crippen LogP contribution < -0.4 is 5.73 Å². The van der Waals surface area contributed by atoms with Crippen LogP contribution >= 0.6 is 12.4 Å². The van der Waals surface area contributed by atoms with Gasteiger partial charge in [0.15, 0.2) is 0 Å². The SMILES string of the molecule is CC1CCCC(C)N1C(=O)CCCCCCN.Cl. The molecule has 0 bridgehead atoms. The molecule has 1 heterocycles. The van der Waals surface area contributed by atoms with Crippen molar-refractivity contribution in [3.63, 3.8) is 0 Å². The van der Waals surface area contributed by atoms with Crippen molar-refractivity contribution in [1.29, 1.82) is 0 Å². The average Bonchev–Trinajstić information content (AvgIpc) is 2.28. The second-order valence-electron chi connectivity index (χ2n) is 5.38. The van der Waals surface area contributed by atoms with Gasteiger partial charge in [-0.25, -0.2) is 0 Å². The largest absolute Gasteiger partial charge is 0.337 e. The van der Waals surface area contributed by atoms with Crippen molar-refractivity contribution in [3.8, 4) is 0 Å². The van der Waals surface area contributed by atoms with Crippen LogP contribution in [0.15, 0.2) is 0 Å². The zero-order valence-electron chi connectivity index (χ0n) is 11.9. The number of piperidine rings is 1. The minimum absolute atomic E-state index is 0. The molecule has 0 aromatic heterocycles. The molecule has 0 aromatic rings. The first-order chi connectivity index (χ1) is 8.16. The first-order valence-electron chi connectivity index (χ1n) is 7.18. The van der Waals surface area contributed by atoms with Gasteiger partial charge in [0.25, 0.3) is 0 Å². The van der Waals surface area contributed by atoms with Gasteiger partial charge < -0.3 is 10.6 Å². The number of hydrogen-bond acceptors (Lipinski definition) is 2. The van der Waals surface area contributed by atoms with Gasteiger partial charge in [-0.3, -0.25) is 4.79 Å². The van der Waals surface area contributed by atoms with Crippen LogP contribution in [0.1, 0.15) is 65.2 Å². The fourth-order valence-corrected chi connectivity index (χ4v) is 2.82. The Labute approximate surface area is 118 Å². The lowest BCUT2D eigenvalue weighted by atomic mass is 9.96. The van der Waals surface area contributed by atoms with Gasteiger partial charge in [-0.2, -0.15) is 0 Å². The molecule has 3 nitrogen and oxygen atoms in total. The summed E-state index contributed by atoms with van der Waals surface area (Å²) in [6, 6.07) is 0.880. The third-order valence-corrected chi connectivity index (χ3v) is 3.83. The van der Waals surface area contributed by atoms with Gasteiger partial charge in [0, 0.05) is 18.5 Å².